The summed E-state index contributed by atoms with van der Waals surface area (Å²) in [5.41, 5.74) is 0.262. The van der Waals surface area contributed by atoms with Gasteiger partial charge in [0.2, 0.25) is 5.91 Å². The minimum Gasteiger partial charge on any atom is -0.369 e. The number of nitrogens with one attached hydrogen (secondary N) is 1. The maximum atomic E-state index is 13.9. The van der Waals surface area contributed by atoms with Crippen LogP contribution in [0.15, 0.2) is 12.3 Å². The highest BCUT2D eigenvalue weighted by atomic mass is 35.5. The molecule has 3 saturated heterocycles. The number of morpholine rings is 1. The van der Waals surface area contributed by atoms with Gasteiger partial charge in [-0.15, -0.1) is 0 Å². The van der Waals surface area contributed by atoms with Crippen LogP contribution >= 0.6 is 11.6 Å². The highest BCUT2D eigenvalue weighted by molar-refractivity contribution is 6.30. The molecule has 3 aliphatic heterocycles. The van der Waals surface area contributed by atoms with Gasteiger partial charge in [0.1, 0.15) is 12.4 Å². The van der Waals surface area contributed by atoms with E-state index in [1.165, 1.54) is 12.3 Å². The summed E-state index contributed by atoms with van der Waals surface area (Å²) in [5, 5.41) is 3.26. The second kappa shape index (κ2) is 6.29. The van der Waals surface area contributed by atoms with Crippen LogP contribution in [0, 0.1) is 17.2 Å². The molecule has 7 nitrogen and oxygen atoms in total. The van der Waals surface area contributed by atoms with Gasteiger partial charge in [-0.3, -0.25) is 9.78 Å². The van der Waals surface area contributed by atoms with E-state index in [9.17, 15) is 14.0 Å². The Morgan fingerprint density at radius 3 is 2.71 bits per heavy atom. The molecule has 1 aromatic heterocycles. The van der Waals surface area contributed by atoms with Crippen molar-refractivity contribution in [3.05, 3.63) is 28.8 Å². The van der Waals surface area contributed by atoms with Crippen molar-refractivity contribution >= 4 is 23.5 Å². The summed E-state index contributed by atoms with van der Waals surface area (Å²) in [4.78, 5) is 31.9. The highest BCUT2D eigenvalue weighted by Crippen LogP contribution is 2.53. The second-order valence-corrected chi connectivity index (χ2v) is 9.31. The minimum absolute atomic E-state index is 0.0323. The van der Waals surface area contributed by atoms with Crippen molar-refractivity contribution in [2.24, 2.45) is 11.3 Å². The normalized spacial score (nSPS) is 25.1. The number of carbonyl (C=O) groups excluding carboxylic acids is 2. The van der Waals surface area contributed by atoms with Crippen LogP contribution in [0.2, 0.25) is 5.02 Å². The van der Waals surface area contributed by atoms with Crippen molar-refractivity contribution in [2.75, 3.05) is 39.4 Å². The SMILES string of the molecule is O=C1COCC2(CN(C(=O)N3CC4(CC(Cc5ncc(Cl)cc5F)C4)C3)C2)N1. The fraction of sp³-hybridized carbons (Fsp3) is 0.632. The number of ether oxygens (including phenoxy) is 1. The maximum absolute atomic E-state index is 13.9. The lowest BCUT2D eigenvalue weighted by atomic mass is 9.57. The fourth-order valence-corrected chi connectivity index (χ4v) is 5.37. The van der Waals surface area contributed by atoms with Crippen LogP contribution in [0.4, 0.5) is 9.18 Å². The van der Waals surface area contributed by atoms with Gasteiger partial charge in [-0.1, -0.05) is 11.6 Å². The smallest absolute Gasteiger partial charge is 0.320 e. The lowest BCUT2D eigenvalue weighted by Crippen LogP contribution is -2.78. The van der Waals surface area contributed by atoms with E-state index >= 15 is 0 Å². The molecule has 9 heteroatoms. The van der Waals surface area contributed by atoms with Gasteiger partial charge in [-0.2, -0.15) is 0 Å². The Bertz CT molecular complexity index is 830. The summed E-state index contributed by atoms with van der Waals surface area (Å²) in [7, 11) is 0. The summed E-state index contributed by atoms with van der Waals surface area (Å²) in [6.07, 6.45) is 4.09. The van der Waals surface area contributed by atoms with E-state index in [-0.39, 0.29) is 29.8 Å². The van der Waals surface area contributed by atoms with E-state index in [0.29, 0.717) is 42.8 Å². The molecule has 1 N–H and O–H groups in total. The van der Waals surface area contributed by atoms with Crippen molar-refractivity contribution in [1.29, 1.82) is 0 Å². The molecule has 2 spiro atoms. The number of nitrogens with zero attached hydrogens (tertiary/aromatic N) is 3. The second-order valence-electron chi connectivity index (χ2n) is 8.88. The standard InChI is InChI=1S/C19H22ClFN4O3/c20-13-2-14(21)15(22-5-13)1-12-3-18(4-12)7-24(8-18)17(27)25-9-19(10-25)11-28-6-16(26)23-19/h2,5,12H,1,3-4,6-11H2,(H,23,26). The Hall–Kier alpha value is -1.93. The van der Waals surface area contributed by atoms with Crippen LogP contribution in [0.3, 0.4) is 0 Å². The van der Waals surface area contributed by atoms with Crippen LogP contribution < -0.4 is 5.32 Å². The van der Waals surface area contributed by atoms with E-state index in [0.717, 1.165) is 25.9 Å². The fourth-order valence-electron chi connectivity index (χ4n) is 5.23. The first-order valence-electron chi connectivity index (χ1n) is 9.58. The third-order valence-corrected chi connectivity index (χ3v) is 6.61. The molecule has 4 aliphatic rings. The molecule has 3 amide bonds. The molecule has 5 rings (SSSR count). The van der Waals surface area contributed by atoms with Crippen LogP contribution in [0.5, 0.6) is 0 Å². The van der Waals surface area contributed by atoms with Gasteiger partial charge >= 0.3 is 6.03 Å². The molecule has 0 unspecified atom stereocenters. The lowest BCUT2D eigenvalue weighted by Gasteiger charge is -2.61. The molecule has 0 atom stereocenters. The predicted octanol–water partition coefficient (Wildman–Crippen LogP) is 1.45. The van der Waals surface area contributed by atoms with Gasteiger partial charge in [0.05, 0.1) is 22.9 Å². The Morgan fingerprint density at radius 1 is 1.32 bits per heavy atom. The van der Waals surface area contributed by atoms with Gasteiger partial charge in [-0.05, 0) is 31.2 Å². The Kier molecular flexibility index (Phi) is 4.07. The van der Waals surface area contributed by atoms with Crippen LogP contribution in [-0.4, -0.2) is 71.7 Å². The summed E-state index contributed by atoms with van der Waals surface area (Å²) in [6, 6.07) is 1.34. The van der Waals surface area contributed by atoms with Crippen LogP contribution in [-0.2, 0) is 16.0 Å². The van der Waals surface area contributed by atoms with Crippen molar-refractivity contribution in [1.82, 2.24) is 20.1 Å². The van der Waals surface area contributed by atoms with Gasteiger partial charge in [-0.25, -0.2) is 9.18 Å². The van der Waals surface area contributed by atoms with Gasteiger partial charge < -0.3 is 19.9 Å². The molecule has 28 heavy (non-hydrogen) atoms. The first-order chi connectivity index (χ1) is 13.4. The van der Waals surface area contributed by atoms with E-state index in [4.69, 9.17) is 16.3 Å². The number of urea groups is 1. The Morgan fingerprint density at radius 2 is 2.04 bits per heavy atom. The van der Waals surface area contributed by atoms with Crippen molar-refractivity contribution in [3.8, 4) is 0 Å². The van der Waals surface area contributed by atoms with Gasteiger partial charge in [0.25, 0.3) is 0 Å². The summed E-state index contributed by atoms with van der Waals surface area (Å²) in [5.74, 6) is -0.0555. The van der Waals surface area contributed by atoms with E-state index in [2.05, 4.69) is 10.3 Å². The van der Waals surface area contributed by atoms with E-state index in [1.54, 1.807) is 4.90 Å². The molecule has 0 aromatic carbocycles. The third-order valence-electron chi connectivity index (χ3n) is 6.41. The van der Waals surface area contributed by atoms with Gasteiger partial charge in [0.15, 0.2) is 0 Å². The molecule has 1 aliphatic carbocycles. The van der Waals surface area contributed by atoms with Crippen LogP contribution in [0.25, 0.3) is 0 Å². The first-order valence-corrected chi connectivity index (χ1v) is 9.96. The quantitative estimate of drug-likeness (QED) is 0.803. The number of halogens is 2. The monoisotopic (exact) mass is 408 g/mol. The van der Waals surface area contributed by atoms with E-state index < -0.39 is 5.54 Å². The average molecular weight is 409 g/mol. The van der Waals surface area contributed by atoms with Crippen molar-refractivity contribution in [2.45, 2.75) is 24.8 Å². The van der Waals surface area contributed by atoms with Gasteiger partial charge in [0, 0.05) is 37.8 Å². The number of amides is 3. The zero-order valence-electron chi connectivity index (χ0n) is 15.4. The number of likely N-dealkylation sites (tertiary alicyclic amines) is 2. The van der Waals surface area contributed by atoms with E-state index in [1.807, 2.05) is 4.90 Å². The molecule has 1 aromatic rings. The molecule has 0 radical (unpaired) electrons. The maximum Gasteiger partial charge on any atom is 0.320 e. The molecular formula is C19H22ClFN4O3. The molecule has 4 fully saturated rings. The zero-order valence-corrected chi connectivity index (χ0v) is 16.2. The minimum atomic E-state index is -0.398. The lowest BCUT2D eigenvalue weighted by molar-refractivity contribution is -0.142. The summed E-state index contributed by atoms with van der Waals surface area (Å²) in [6.45, 7) is 3.08. The predicted molar refractivity (Wildman–Crippen MR) is 98.3 cm³/mol. The number of rotatable bonds is 2. The largest absolute Gasteiger partial charge is 0.369 e. The molecular weight excluding hydrogens is 387 g/mol. The molecule has 150 valence electrons. The van der Waals surface area contributed by atoms with Crippen molar-refractivity contribution in [3.63, 3.8) is 0 Å². The summed E-state index contributed by atoms with van der Waals surface area (Å²) < 4.78 is 19.2. The number of pyridine rings is 1. The summed E-state index contributed by atoms with van der Waals surface area (Å²) >= 11 is 5.75. The number of hydrogen-bond donors (Lipinski definition) is 1. The Labute approximate surface area is 167 Å². The third kappa shape index (κ3) is 3.03. The topological polar surface area (TPSA) is 74.8 Å². The number of carbonyl (C=O) groups is 2. The zero-order chi connectivity index (χ0) is 19.5. The average Bonchev–Trinajstić information content (AvgIpc) is 2.54. The number of hydrogen-bond acceptors (Lipinski definition) is 4. The number of aromatic nitrogens is 1. The first kappa shape index (κ1) is 18.1. The van der Waals surface area contributed by atoms with Crippen molar-refractivity contribution < 1.29 is 18.7 Å². The molecule has 4 heterocycles. The van der Waals surface area contributed by atoms with Crippen LogP contribution in [0.1, 0.15) is 18.5 Å². The molecule has 1 saturated carbocycles. The Balaban J connectivity index is 1.08. The highest BCUT2D eigenvalue weighted by Gasteiger charge is 2.56. The molecule has 0 bridgehead atoms.